The van der Waals surface area contributed by atoms with Gasteiger partial charge in [-0.25, -0.2) is 21.6 Å². The quantitative estimate of drug-likeness (QED) is 0.818. The van der Waals surface area contributed by atoms with Crippen molar-refractivity contribution in [2.45, 2.75) is 19.3 Å². The fourth-order valence-corrected chi connectivity index (χ4v) is 3.55. The van der Waals surface area contributed by atoms with Crippen LogP contribution in [-0.2, 0) is 10.0 Å². The van der Waals surface area contributed by atoms with Gasteiger partial charge >= 0.3 is 0 Å². The standard InChI is InChI=1S/C13H17F3N2O2S/c14-10-7-12(16)13(8-11(10)15)18-21(19,20)6-3-9-1-4-17-5-2-9/h7-9,17-18H,1-6H2. The molecule has 0 bridgehead atoms. The Morgan fingerprint density at radius 3 is 2.38 bits per heavy atom. The highest BCUT2D eigenvalue weighted by molar-refractivity contribution is 7.92. The molecule has 0 atom stereocenters. The minimum Gasteiger partial charge on any atom is -0.317 e. The molecule has 1 fully saturated rings. The summed E-state index contributed by atoms with van der Waals surface area (Å²) in [4.78, 5) is 0. The molecule has 1 aliphatic heterocycles. The maximum absolute atomic E-state index is 13.4. The van der Waals surface area contributed by atoms with Crippen LogP contribution in [0.2, 0.25) is 0 Å². The van der Waals surface area contributed by atoms with E-state index >= 15 is 0 Å². The lowest BCUT2D eigenvalue weighted by atomic mass is 9.96. The van der Waals surface area contributed by atoms with Crippen molar-refractivity contribution in [3.05, 3.63) is 29.6 Å². The molecule has 1 saturated heterocycles. The highest BCUT2D eigenvalue weighted by atomic mass is 32.2. The van der Waals surface area contributed by atoms with Crippen LogP contribution in [0.4, 0.5) is 18.9 Å². The molecule has 0 amide bonds. The fraction of sp³-hybridized carbons (Fsp3) is 0.538. The van der Waals surface area contributed by atoms with Crippen LogP contribution < -0.4 is 10.0 Å². The van der Waals surface area contributed by atoms with E-state index in [4.69, 9.17) is 0 Å². The van der Waals surface area contributed by atoms with Crippen LogP contribution >= 0.6 is 0 Å². The number of sulfonamides is 1. The number of rotatable bonds is 5. The summed E-state index contributed by atoms with van der Waals surface area (Å²) in [6.45, 7) is 1.71. The molecule has 4 nitrogen and oxygen atoms in total. The zero-order valence-electron chi connectivity index (χ0n) is 11.3. The predicted octanol–water partition coefficient (Wildman–Crippen LogP) is 2.24. The Bertz CT molecular complexity index is 602. The summed E-state index contributed by atoms with van der Waals surface area (Å²) in [7, 11) is -3.79. The molecule has 0 unspecified atom stereocenters. The predicted molar refractivity (Wildman–Crippen MR) is 73.9 cm³/mol. The summed E-state index contributed by atoms with van der Waals surface area (Å²) in [5.41, 5.74) is -0.570. The average molecular weight is 322 g/mol. The smallest absolute Gasteiger partial charge is 0.232 e. The second-order valence-corrected chi connectivity index (χ2v) is 6.99. The van der Waals surface area contributed by atoms with E-state index in [2.05, 4.69) is 5.32 Å². The van der Waals surface area contributed by atoms with E-state index in [1.165, 1.54) is 0 Å². The molecule has 118 valence electrons. The Morgan fingerprint density at radius 1 is 1.10 bits per heavy atom. The van der Waals surface area contributed by atoms with Gasteiger partial charge in [0.15, 0.2) is 11.6 Å². The molecular formula is C13H17F3N2O2S. The summed E-state index contributed by atoms with van der Waals surface area (Å²) in [5.74, 6) is -3.66. The van der Waals surface area contributed by atoms with Crippen molar-refractivity contribution in [1.82, 2.24) is 5.32 Å². The molecule has 0 aliphatic carbocycles. The van der Waals surface area contributed by atoms with Crippen LogP contribution in [0, 0.1) is 23.4 Å². The molecule has 0 radical (unpaired) electrons. The molecule has 1 aliphatic rings. The number of hydrogen-bond donors (Lipinski definition) is 2. The van der Waals surface area contributed by atoms with Gasteiger partial charge in [0.2, 0.25) is 10.0 Å². The first-order valence-corrected chi connectivity index (χ1v) is 8.38. The normalized spacial score (nSPS) is 16.9. The third-order valence-electron chi connectivity index (χ3n) is 3.53. The zero-order chi connectivity index (χ0) is 15.5. The number of benzene rings is 1. The Kier molecular flexibility index (Phi) is 5.10. The lowest BCUT2D eigenvalue weighted by Gasteiger charge is -2.22. The van der Waals surface area contributed by atoms with Crippen molar-refractivity contribution in [3.63, 3.8) is 0 Å². The maximum Gasteiger partial charge on any atom is 0.232 e. The summed E-state index contributed by atoms with van der Waals surface area (Å²) in [5, 5.41) is 3.18. The molecule has 1 aromatic carbocycles. The van der Waals surface area contributed by atoms with Gasteiger partial charge in [-0.05, 0) is 38.3 Å². The van der Waals surface area contributed by atoms with Gasteiger partial charge in [-0.3, -0.25) is 4.72 Å². The van der Waals surface area contributed by atoms with E-state index in [0.717, 1.165) is 25.9 Å². The first-order chi connectivity index (χ1) is 9.87. The lowest BCUT2D eigenvalue weighted by Crippen LogP contribution is -2.29. The summed E-state index contributed by atoms with van der Waals surface area (Å²) in [6.07, 6.45) is 2.26. The Hall–Kier alpha value is -1.28. The van der Waals surface area contributed by atoms with Gasteiger partial charge in [0, 0.05) is 12.1 Å². The average Bonchev–Trinajstić information content (AvgIpc) is 2.44. The van der Waals surface area contributed by atoms with E-state index in [1.54, 1.807) is 0 Å². The highest BCUT2D eigenvalue weighted by Crippen LogP contribution is 2.21. The SMILES string of the molecule is O=S(=O)(CCC1CCNCC1)Nc1cc(F)c(F)cc1F. The molecule has 21 heavy (non-hydrogen) atoms. The van der Waals surface area contributed by atoms with Gasteiger partial charge in [0.25, 0.3) is 0 Å². The lowest BCUT2D eigenvalue weighted by molar-refractivity contribution is 0.365. The highest BCUT2D eigenvalue weighted by Gasteiger charge is 2.19. The van der Waals surface area contributed by atoms with Crippen LogP contribution in [0.3, 0.4) is 0 Å². The Labute approximate surface area is 121 Å². The minimum atomic E-state index is -3.79. The molecule has 1 aromatic rings. The molecule has 8 heteroatoms. The topological polar surface area (TPSA) is 58.2 Å². The van der Waals surface area contributed by atoms with Gasteiger partial charge in [0.05, 0.1) is 11.4 Å². The third kappa shape index (κ3) is 4.60. The zero-order valence-corrected chi connectivity index (χ0v) is 12.1. The van der Waals surface area contributed by atoms with Gasteiger partial charge in [-0.2, -0.15) is 0 Å². The number of anilines is 1. The van der Waals surface area contributed by atoms with Gasteiger partial charge < -0.3 is 5.32 Å². The second kappa shape index (κ2) is 6.65. The fourth-order valence-electron chi connectivity index (χ4n) is 2.31. The molecule has 0 saturated carbocycles. The molecule has 0 spiro atoms. The number of halogens is 3. The second-order valence-electron chi connectivity index (χ2n) is 5.15. The van der Waals surface area contributed by atoms with Crippen molar-refractivity contribution in [2.24, 2.45) is 5.92 Å². The minimum absolute atomic E-state index is 0.171. The molecule has 1 heterocycles. The van der Waals surface area contributed by atoms with Crippen LogP contribution in [0.1, 0.15) is 19.3 Å². The summed E-state index contributed by atoms with van der Waals surface area (Å²) < 4.78 is 65.0. The van der Waals surface area contributed by atoms with Gasteiger partial charge in [-0.1, -0.05) is 0 Å². The first kappa shape index (κ1) is 16.1. The van der Waals surface area contributed by atoms with Crippen molar-refractivity contribution in [2.75, 3.05) is 23.6 Å². The number of piperidine rings is 1. The first-order valence-electron chi connectivity index (χ1n) is 6.73. The van der Waals surface area contributed by atoms with E-state index in [1.807, 2.05) is 4.72 Å². The molecule has 2 rings (SSSR count). The Balaban J connectivity index is 1.98. The van der Waals surface area contributed by atoms with E-state index in [-0.39, 0.29) is 5.75 Å². The van der Waals surface area contributed by atoms with Gasteiger partial charge in [-0.15, -0.1) is 0 Å². The number of nitrogens with one attached hydrogen (secondary N) is 2. The monoisotopic (exact) mass is 322 g/mol. The maximum atomic E-state index is 13.4. The van der Waals surface area contributed by atoms with Crippen molar-refractivity contribution < 1.29 is 21.6 Å². The van der Waals surface area contributed by atoms with Crippen molar-refractivity contribution in [1.29, 1.82) is 0 Å². The van der Waals surface area contributed by atoms with Crippen molar-refractivity contribution >= 4 is 15.7 Å². The molecular weight excluding hydrogens is 305 g/mol. The Morgan fingerprint density at radius 2 is 1.71 bits per heavy atom. The number of hydrogen-bond acceptors (Lipinski definition) is 3. The van der Waals surface area contributed by atoms with Crippen LogP contribution in [0.5, 0.6) is 0 Å². The largest absolute Gasteiger partial charge is 0.317 e. The third-order valence-corrected chi connectivity index (χ3v) is 4.83. The van der Waals surface area contributed by atoms with Crippen LogP contribution in [0.15, 0.2) is 12.1 Å². The summed E-state index contributed by atoms with van der Waals surface area (Å²) >= 11 is 0. The van der Waals surface area contributed by atoms with E-state index in [9.17, 15) is 21.6 Å². The van der Waals surface area contributed by atoms with Gasteiger partial charge in [0.1, 0.15) is 5.82 Å². The summed E-state index contributed by atoms with van der Waals surface area (Å²) in [6, 6.07) is 0.826. The molecule has 2 N–H and O–H groups in total. The van der Waals surface area contributed by atoms with E-state index < -0.39 is 33.2 Å². The van der Waals surface area contributed by atoms with Crippen LogP contribution in [-0.4, -0.2) is 27.3 Å². The van der Waals surface area contributed by atoms with E-state index in [0.29, 0.717) is 24.5 Å². The van der Waals surface area contributed by atoms with Crippen LogP contribution in [0.25, 0.3) is 0 Å². The van der Waals surface area contributed by atoms with Crippen molar-refractivity contribution in [3.8, 4) is 0 Å². The molecule has 0 aromatic heterocycles.